The maximum Gasteiger partial charge on any atom is 0.321 e. The fourth-order valence-electron chi connectivity index (χ4n) is 4.19. The van der Waals surface area contributed by atoms with Gasteiger partial charge in [-0.05, 0) is 42.5 Å². The first-order chi connectivity index (χ1) is 16.5. The molecule has 0 aliphatic carbocycles. The maximum absolute atomic E-state index is 13.1. The number of ether oxygens (including phenoxy) is 1. The number of rotatable bonds is 2. The summed E-state index contributed by atoms with van der Waals surface area (Å²) in [5, 5.41) is 9.83. The van der Waals surface area contributed by atoms with E-state index in [-0.39, 0.29) is 30.3 Å². The molecule has 3 aromatic rings. The highest BCUT2D eigenvalue weighted by atomic mass is 19.1. The van der Waals surface area contributed by atoms with Crippen LogP contribution in [0.4, 0.5) is 20.6 Å². The van der Waals surface area contributed by atoms with Crippen LogP contribution in [0.2, 0.25) is 0 Å². The Morgan fingerprint density at radius 3 is 2.79 bits per heavy atom. The molecule has 34 heavy (non-hydrogen) atoms. The average molecular weight is 465 g/mol. The van der Waals surface area contributed by atoms with Crippen LogP contribution in [-0.2, 0) is 11.8 Å². The van der Waals surface area contributed by atoms with Gasteiger partial charge in [-0.3, -0.25) is 9.69 Å². The summed E-state index contributed by atoms with van der Waals surface area (Å²) in [4.78, 5) is 33.5. The highest BCUT2D eigenvalue weighted by Crippen LogP contribution is 2.31. The number of amides is 3. The van der Waals surface area contributed by atoms with E-state index in [1.165, 1.54) is 30.6 Å². The van der Waals surface area contributed by atoms with Gasteiger partial charge in [0.1, 0.15) is 24.5 Å². The third-order valence-electron chi connectivity index (χ3n) is 5.99. The van der Waals surface area contributed by atoms with Gasteiger partial charge in [-0.25, -0.2) is 18.9 Å². The lowest BCUT2D eigenvalue weighted by molar-refractivity contribution is -0.118. The minimum absolute atomic E-state index is 0.156. The number of nitrogens with zero attached hydrogens (tertiary/aromatic N) is 5. The van der Waals surface area contributed by atoms with Crippen molar-refractivity contribution < 1.29 is 18.7 Å². The Bertz CT molecular complexity index is 1210. The van der Waals surface area contributed by atoms with E-state index in [9.17, 15) is 14.0 Å². The number of benzene rings is 2. The van der Waals surface area contributed by atoms with Crippen molar-refractivity contribution in [2.45, 2.75) is 6.04 Å². The number of aryl methyl sites for hydroxylation is 1. The fourth-order valence-corrected chi connectivity index (χ4v) is 4.19. The maximum atomic E-state index is 13.1. The first-order valence-corrected chi connectivity index (χ1v) is 10.9. The zero-order valence-corrected chi connectivity index (χ0v) is 18.6. The van der Waals surface area contributed by atoms with Gasteiger partial charge in [0.05, 0.1) is 18.3 Å². The Hall–Kier alpha value is -3.99. The summed E-state index contributed by atoms with van der Waals surface area (Å²) in [6, 6.07) is 10.7. The van der Waals surface area contributed by atoms with Crippen LogP contribution in [0.15, 0.2) is 48.8 Å². The number of carbonyl (C=O) groups is 2. The molecule has 5 rings (SSSR count). The van der Waals surface area contributed by atoms with Crippen LogP contribution in [0.25, 0.3) is 11.4 Å². The number of carbonyl (C=O) groups excluding carboxylic acids is 2. The molecule has 1 atom stereocenters. The van der Waals surface area contributed by atoms with Crippen molar-refractivity contribution in [1.82, 2.24) is 24.6 Å². The summed E-state index contributed by atoms with van der Waals surface area (Å²) < 4.78 is 20.9. The van der Waals surface area contributed by atoms with Gasteiger partial charge in [0.15, 0.2) is 5.82 Å². The molecule has 10 nitrogen and oxygen atoms in total. The van der Waals surface area contributed by atoms with E-state index < -0.39 is 0 Å². The quantitative estimate of drug-likeness (QED) is 0.601. The molecule has 2 aliphatic rings. The molecule has 2 aromatic carbocycles. The standard InChI is InChI=1S/C23H24FN7O3/c1-29-22(25-14-26-29)15-2-7-20-19(10-15)28-21(32)12-30-8-9-31(11-18(30)13-34-20)23(33)27-17-5-3-16(24)4-6-17/h2-7,10,14,18H,8-9,11-13H2,1H3,(H,27,33)(H,28,32)/t18-/m1/s1. The van der Waals surface area contributed by atoms with Gasteiger partial charge in [-0.15, -0.1) is 0 Å². The SMILES string of the molecule is Cn1ncnc1-c1ccc2c(c1)NC(=O)CN1CCN(C(=O)Nc3ccc(F)cc3)C[C@@H]1CO2. The van der Waals surface area contributed by atoms with E-state index in [4.69, 9.17) is 4.74 Å². The minimum atomic E-state index is -0.364. The summed E-state index contributed by atoms with van der Waals surface area (Å²) >= 11 is 0. The third kappa shape index (κ3) is 4.55. The largest absolute Gasteiger partial charge is 0.490 e. The summed E-state index contributed by atoms with van der Waals surface area (Å²) in [6.07, 6.45) is 1.47. The van der Waals surface area contributed by atoms with Crippen LogP contribution in [0.3, 0.4) is 0 Å². The average Bonchev–Trinajstić information content (AvgIpc) is 3.27. The highest BCUT2D eigenvalue weighted by molar-refractivity contribution is 5.94. The first kappa shape index (κ1) is 21.8. The van der Waals surface area contributed by atoms with Gasteiger partial charge in [0.2, 0.25) is 5.91 Å². The molecular weight excluding hydrogens is 441 g/mol. The van der Waals surface area contributed by atoms with Crippen molar-refractivity contribution >= 4 is 23.3 Å². The number of aromatic nitrogens is 3. The second-order valence-corrected chi connectivity index (χ2v) is 8.28. The number of hydrogen-bond donors (Lipinski definition) is 2. The molecule has 2 N–H and O–H groups in total. The fraction of sp³-hybridized carbons (Fsp3) is 0.304. The molecule has 0 bridgehead atoms. The summed E-state index contributed by atoms with van der Waals surface area (Å²) in [5.41, 5.74) is 1.89. The molecule has 176 valence electrons. The summed E-state index contributed by atoms with van der Waals surface area (Å²) in [5.74, 6) is 0.707. The van der Waals surface area contributed by atoms with Crippen LogP contribution in [0.1, 0.15) is 0 Å². The Morgan fingerprint density at radius 2 is 2.03 bits per heavy atom. The van der Waals surface area contributed by atoms with E-state index in [0.29, 0.717) is 49.2 Å². The topological polar surface area (TPSA) is 105 Å². The lowest BCUT2D eigenvalue weighted by Crippen LogP contribution is -2.58. The van der Waals surface area contributed by atoms with E-state index in [1.807, 2.05) is 17.0 Å². The number of nitrogens with one attached hydrogen (secondary N) is 2. The number of halogens is 1. The Labute approximate surface area is 195 Å². The third-order valence-corrected chi connectivity index (χ3v) is 5.99. The zero-order chi connectivity index (χ0) is 23.7. The summed E-state index contributed by atoms with van der Waals surface area (Å²) in [6.45, 7) is 1.88. The molecular formula is C23H24FN7O3. The van der Waals surface area contributed by atoms with Gasteiger partial charge in [0.25, 0.3) is 0 Å². The molecule has 3 amide bonds. The number of anilines is 2. The van der Waals surface area contributed by atoms with E-state index in [1.54, 1.807) is 22.7 Å². The van der Waals surface area contributed by atoms with Crippen molar-refractivity contribution in [1.29, 1.82) is 0 Å². The smallest absolute Gasteiger partial charge is 0.321 e. The second kappa shape index (κ2) is 9.10. The Balaban J connectivity index is 1.31. The van der Waals surface area contributed by atoms with Crippen molar-refractivity contribution in [3.8, 4) is 17.1 Å². The lowest BCUT2D eigenvalue weighted by Gasteiger charge is -2.40. The molecule has 0 spiro atoms. The molecule has 1 fully saturated rings. The number of hydrogen-bond acceptors (Lipinski definition) is 6. The van der Waals surface area contributed by atoms with Crippen LogP contribution in [0, 0.1) is 5.82 Å². The van der Waals surface area contributed by atoms with Crippen LogP contribution < -0.4 is 15.4 Å². The van der Waals surface area contributed by atoms with E-state index in [0.717, 1.165) is 5.56 Å². The predicted molar refractivity (Wildman–Crippen MR) is 123 cm³/mol. The molecule has 2 aliphatic heterocycles. The van der Waals surface area contributed by atoms with Crippen LogP contribution in [-0.4, -0.2) is 75.3 Å². The minimum Gasteiger partial charge on any atom is -0.490 e. The molecule has 11 heteroatoms. The molecule has 3 heterocycles. The van der Waals surface area contributed by atoms with Crippen LogP contribution in [0.5, 0.6) is 5.75 Å². The Morgan fingerprint density at radius 1 is 1.21 bits per heavy atom. The van der Waals surface area contributed by atoms with Gasteiger partial charge >= 0.3 is 6.03 Å². The number of piperazine rings is 1. The molecule has 0 radical (unpaired) electrons. The van der Waals surface area contributed by atoms with E-state index >= 15 is 0 Å². The van der Waals surface area contributed by atoms with Crippen molar-refractivity contribution in [2.75, 3.05) is 43.4 Å². The second-order valence-electron chi connectivity index (χ2n) is 8.28. The molecule has 0 saturated carbocycles. The van der Waals surface area contributed by atoms with E-state index in [2.05, 4.69) is 20.7 Å². The molecule has 1 aromatic heterocycles. The van der Waals surface area contributed by atoms with Crippen molar-refractivity contribution in [2.24, 2.45) is 7.05 Å². The van der Waals surface area contributed by atoms with Crippen molar-refractivity contribution in [3.05, 3.63) is 54.6 Å². The molecule has 1 saturated heterocycles. The highest BCUT2D eigenvalue weighted by Gasteiger charge is 2.32. The monoisotopic (exact) mass is 465 g/mol. The van der Waals surface area contributed by atoms with Gasteiger partial charge in [0, 0.05) is 37.9 Å². The Kier molecular flexibility index (Phi) is 5.84. The van der Waals surface area contributed by atoms with Gasteiger partial charge in [-0.1, -0.05) is 0 Å². The summed E-state index contributed by atoms with van der Waals surface area (Å²) in [7, 11) is 1.80. The first-order valence-electron chi connectivity index (χ1n) is 10.9. The normalized spacial score (nSPS) is 18.5. The molecule has 0 unspecified atom stereocenters. The van der Waals surface area contributed by atoms with Crippen LogP contribution >= 0.6 is 0 Å². The lowest BCUT2D eigenvalue weighted by atomic mass is 10.1. The van der Waals surface area contributed by atoms with Gasteiger partial charge in [-0.2, -0.15) is 5.10 Å². The van der Waals surface area contributed by atoms with Gasteiger partial charge < -0.3 is 20.3 Å². The predicted octanol–water partition coefficient (Wildman–Crippen LogP) is 2.17. The number of fused-ring (bicyclic) bond motifs is 2. The number of urea groups is 1. The zero-order valence-electron chi connectivity index (χ0n) is 18.6. The van der Waals surface area contributed by atoms with Crippen molar-refractivity contribution in [3.63, 3.8) is 0 Å².